The first-order valence-corrected chi connectivity index (χ1v) is 6.66. The van der Waals surface area contributed by atoms with Crippen LogP contribution in [0.15, 0.2) is 0 Å². The second-order valence-corrected chi connectivity index (χ2v) is 8.36. The molecule has 13 heavy (non-hydrogen) atoms. The molecule has 80 valence electrons. The summed E-state index contributed by atoms with van der Waals surface area (Å²) in [6.45, 7) is 3.57. The van der Waals surface area contributed by atoms with Gasteiger partial charge < -0.3 is 0 Å². The van der Waals surface area contributed by atoms with Crippen molar-refractivity contribution in [1.29, 1.82) is 0 Å². The highest BCUT2D eigenvalue weighted by Gasteiger charge is 2.38. The molecule has 1 nitrogen and oxygen atoms in total. The van der Waals surface area contributed by atoms with Gasteiger partial charge in [0.25, 0.3) is 0 Å². The lowest BCUT2D eigenvalue weighted by atomic mass is 10.3. The zero-order chi connectivity index (χ0) is 10.9. The third-order valence-corrected chi connectivity index (χ3v) is 5.42. The smallest absolute Gasteiger partial charge is 0.135 e. The van der Waals surface area contributed by atoms with Crippen LogP contribution in [0.2, 0.25) is 0 Å². The van der Waals surface area contributed by atoms with Gasteiger partial charge >= 0.3 is 0 Å². The lowest BCUT2D eigenvalue weighted by Gasteiger charge is -2.35. The predicted octanol–water partition coefficient (Wildman–Crippen LogP) is 4.41. The third kappa shape index (κ3) is 5.10. The van der Waals surface area contributed by atoms with E-state index in [1.54, 1.807) is 13.8 Å². The van der Waals surface area contributed by atoms with Crippen molar-refractivity contribution < 1.29 is 0 Å². The molecule has 0 spiro atoms. The Morgan fingerprint density at radius 2 is 1.15 bits per heavy atom. The van der Waals surface area contributed by atoms with E-state index in [-0.39, 0.29) is 0 Å². The van der Waals surface area contributed by atoms with Crippen molar-refractivity contribution in [2.45, 2.75) is 32.4 Å². The van der Waals surface area contributed by atoms with Crippen molar-refractivity contribution in [3.05, 3.63) is 0 Å². The summed E-state index contributed by atoms with van der Waals surface area (Å²) >= 11 is 29.6. The molecule has 0 bridgehead atoms. The lowest BCUT2D eigenvalue weighted by molar-refractivity contribution is 0.448. The topological polar surface area (TPSA) is 12.0 Å². The quantitative estimate of drug-likeness (QED) is 0.548. The fourth-order valence-electron chi connectivity index (χ4n) is 0.587. The molecule has 7 heteroatoms. The van der Waals surface area contributed by atoms with Gasteiger partial charge in [-0.1, -0.05) is 31.9 Å². The number of hydrogen-bond acceptors (Lipinski definition) is 1. The average molecular weight is 397 g/mol. The average Bonchev–Trinajstić information content (AvgIpc) is 1.83. The molecule has 0 aliphatic carbocycles. The highest BCUT2D eigenvalue weighted by Crippen LogP contribution is 2.34. The Morgan fingerprint density at radius 1 is 0.923 bits per heavy atom. The van der Waals surface area contributed by atoms with Crippen LogP contribution in [0.5, 0.6) is 0 Å². The molecule has 0 aromatic carbocycles. The Bertz CT molecular complexity index is 154. The first-order chi connectivity index (χ1) is 5.59. The fourth-order valence-corrected chi connectivity index (χ4v) is 1.89. The molecule has 0 aromatic rings. The predicted molar refractivity (Wildman–Crippen MR) is 68.8 cm³/mol. The second kappa shape index (κ2) is 5.42. The summed E-state index contributed by atoms with van der Waals surface area (Å²) in [4.78, 5) is -1.26. The molecular formula is C6H9Br2Cl4N. The van der Waals surface area contributed by atoms with Crippen LogP contribution >= 0.6 is 78.3 Å². The van der Waals surface area contributed by atoms with E-state index in [9.17, 15) is 0 Å². The minimum atomic E-state index is -0.656. The Kier molecular flexibility index (Phi) is 6.29. The SMILES string of the molecule is CC(Br)(NC(C)(Br)C(Cl)Cl)C(Cl)Cl. The maximum absolute atomic E-state index is 5.73. The molecule has 0 aliphatic heterocycles. The minimum absolute atomic E-state index is 0.628. The first-order valence-electron chi connectivity index (χ1n) is 3.33. The van der Waals surface area contributed by atoms with Gasteiger partial charge in [0, 0.05) is 0 Å². The lowest BCUT2D eigenvalue weighted by Crippen LogP contribution is -2.54. The van der Waals surface area contributed by atoms with Crippen LogP contribution in [-0.4, -0.2) is 18.6 Å². The van der Waals surface area contributed by atoms with E-state index in [0.29, 0.717) is 0 Å². The molecule has 2 unspecified atom stereocenters. The molecule has 0 heterocycles. The summed E-state index contributed by atoms with van der Waals surface area (Å²) in [6, 6.07) is 0. The molecular weight excluding hydrogens is 388 g/mol. The summed E-state index contributed by atoms with van der Waals surface area (Å²) in [5.41, 5.74) is 0. The van der Waals surface area contributed by atoms with E-state index in [1.807, 2.05) is 0 Å². The van der Waals surface area contributed by atoms with Crippen LogP contribution in [-0.2, 0) is 0 Å². The van der Waals surface area contributed by atoms with Gasteiger partial charge in [0.1, 0.15) is 18.6 Å². The maximum Gasteiger partial charge on any atom is 0.135 e. The van der Waals surface area contributed by atoms with Gasteiger partial charge in [-0.3, -0.25) is 5.32 Å². The van der Waals surface area contributed by atoms with Crippen LogP contribution in [0, 0.1) is 0 Å². The molecule has 0 rings (SSSR count). The van der Waals surface area contributed by atoms with Gasteiger partial charge in [-0.25, -0.2) is 0 Å². The summed E-state index contributed by atoms with van der Waals surface area (Å²) in [7, 11) is 0. The van der Waals surface area contributed by atoms with Crippen LogP contribution in [0.3, 0.4) is 0 Å². The standard InChI is InChI=1S/C6H9Br2Cl4N/c1-5(7,3(9)10)13-6(2,8)4(11)12/h3-4,13H,1-2H3. The first kappa shape index (κ1) is 15.1. The van der Waals surface area contributed by atoms with E-state index >= 15 is 0 Å². The summed E-state index contributed by atoms with van der Waals surface area (Å²) in [5, 5.41) is 3.04. The number of halogens is 6. The van der Waals surface area contributed by atoms with Gasteiger partial charge in [-0.15, -0.1) is 46.4 Å². The summed E-state index contributed by atoms with van der Waals surface area (Å²) in [6.07, 6.45) is 0. The van der Waals surface area contributed by atoms with Crippen molar-refractivity contribution in [3.63, 3.8) is 0 Å². The van der Waals surface area contributed by atoms with E-state index in [1.165, 1.54) is 0 Å². The molecule has 0 saturated carbocycles. The van der Waals surface area contributed by atoms with Crippen molar-refractivity contribution in [3.8, 4) is 0 Å². The Balaban J connectivity index is 4.42. The zero-order valence-electron chi connectivity index (χ0n) is 6.92. The van der Waals surface area contributed by atoms with Crippen molar-refractivity contribution in [2.75, 3.05) is 0 Å². The van der Waals surface area contributed by atoms with Gasteiger partial charge in [-0.05, 0) is 13.8 Å². The third-order valence-electron chi connectivity index (χ3n) is 1.31. The van der Waals surface area contributed by atoms with Crippen molar-refractivity contribution >= 4 is 78.3 Å². The van der Waals surface area contributed by atoms with E-state index in [0.717, 1.165) is 0 Å². The zero-order valence-corrected chi connectivity index (χ0v) is 13.1. The van der Waals surface area contributed by atoms with Gasteiger partial charge in [-0.2, -0.15) is 0 Å². The highest BCUT2D eigenvalue weighted by molar-refractivity contribution is 9.10. The Hall–Kier alpha value is 2.08. The normalized spacial score (nSPS) is 21.7. The maximum atomic E-state index is 5.73. The Labute approximate surface area is 115 Å². The molecule has 0 radical (unpaired) electrons. The van der Waals surface area contributed by atoms with Gasteiger partial charge in [0.15, 0.2) is 0 Å². The van der Waals surface area contributed by atoms with Crippen LogP contribution in [0.25, 0.3) is 0 Å². The van der Waals surface area contributed by atoms with Crippen LogP contribution in [0.4, 0.5) is 0 Å². The van der Waals surface area contributed by atoms with E-state index < -0.39 is 18.6 Å². The Morgan fingerprint density at radius 3 is 1.31 bits per heavy atom. The molecule has 0 amide bonds. The van der Waals surface area contributed by atoms with Crippen LogP contribution in [0.1, 0.15) is 13.8 Å². The monoisotopic (exact) mass is 393 g/mol. The van der Waals surface area contributed by atoms with E-state index in [2.05, 4.69) is 37.2 Å². The fraction of sp³-hybridized carbons (Fsp3) is 1.00. The molecule has 0 fully saturated rings. The molecule has 2 atom stereocenters. The molecule has 0 aromatic heterocycles. The highest BCUT2D eigenvalue weighted by atomic mass is 79.9. The number of alkyl halides is 6. The largest absolute Gasteiger partial charge is 0.283 e. The number of rotatable bonds is 4. The number of nitrogens with one attached hydrogen (secondary N) is 1. The molecule has 0 saturated heterocycles. The van der Waals surface area contributed by atoms with Crippen molar-refractivity contribution in [2.24, 2.45) is 0 Å². The van der Waals surface area contributed by atoms with Crippen LogP contribution < -0.4 is 5.32 Å². The minimum Gasteiger partial charge on any atom is -0.283 e. The molecule has 0 aliphatic rings. The van der Waals surface area contributed by atoms with E-state index in [4.69, 9.17) is 46.4 Å². The van der Waals surface area contributed by atoms with Crippen molar-refractivity contribution in [1.82, 2.24) is 5.32 Å². The summed E-state index contributed by atoms with van der Waals surface area (Å²) < 4.78 is -1.31. The number of hydrogen-bond donors (Lipinski definition) is 1. The second-order valence-electron chi connectivity index (χ2n) is 2.88. The van der Waals surface area contributed by atoms with Gasteiger partial charge in [0.05, 0.1) is 0 Å². The summed E-state index contributed by atoms with van der Waals surface area (Å²) in [5.74, 6) is 0. The molecule has 1 N–H and O–H groups in total. The van der Waals surface area contributed by atoms with Gasteiger partial charge in [0.2, 0.25) is 0 Å².